The highest BCUT2D eigenvalue weighted by Crippen LogP contribution is 2.24. The minimum atomic E-state index is -0.160. The van der Waals surface area contributed by atoms with Gasteiger partial charge in [0.1, 0.15) is 0 Å². The maximum Gasteiger partial charge on any atom is 0.0537 e. The molecular weight excluding hydrogens is 210 g/mol. The number of nitrogens with zero attached hydrogens (tertiary/aromatic N) is 1. The lowest BCUT2D eigenvalue weighted by Crippen LogP contribution is -2.41. The van der Waals surface area contributed by atoms with Crippen molar-refractivity contribution in [3.8, 4) is 0 Å². The molecule has 0 spiro atoms. The number of benzene rings is 1. The summed E-state index contributed by atoms with van der Waals surface area (Å²) < 4.78 is 0. The summed E-state index contributed by atoms with van der Waals surface area (Å²) in [5.74, 6) is 0. The molecule has 2 nitrogen and oxygen atoms in total. The SMILES string of the molecule is CCCN(CC)CC(C)(CO)c1ccccc1. The number of hydrogen-bond acceptors (Lipinski definition) is 2. The summed E-state index contributed by atoms with van der Waals surface area (Å²) in [5, 5.41) is 9.72. The summed E-state index contributed by atoms with van der Waals surface area (Å²) >= 11 is 0. The first-order valence-corrected chi connectivity index (χ1v) is 6.55. The van der Waals surface area contributed by atoms with E-state index in [2.05, 4.69) is 37.8 Å². The summed E-state index contributed by atoms with van der Waals surface area (Å²) in [4.78, 5) is 2.41. The molecular formula is C15H25NO. The van der Waals surface area contributed by atoms with Gasteiger partial charge < -0.3 is 10.0 Å². The van der Waals surface area contributed by atoms with Gasteiger partial charge in [-0.05, 0) is 25.1 Å². The number of likely N-dealkylation sites (N-methyl/N-ethyl adjacent to an activating group) is 1. The Bertz CT molecular complexity index is 312. The van der Waals surface area contributed by atoms with E-state index < -0.39 is 0 Å². The smallest absolute Gasteiger partial charge is 0.0537 e. The van der Waals surface area contributed by atoms with E-state index in [0.29, 0.717) is 0 Å². The van der Waals surface area contributed by atoms with Crippen LogP contribution in [0.5, 0.6) is 0 Å². The second kappa shape index (κ2) is 6.77. The molecule has 0 aliphatic carbocycles. The van der Waals surface area contributed by atoms with E-state index in [1.54, 1.807) is 0 Å². The molecule has 0 saturated heterocycles. The Hall–Kier alpha value is -0.860. The summed E-state index contributed by atoms with van der Waals surface area (Å²) in [7, 11) is 0. The zero-order valence-corrected chi connectivity index (χ0v) is 11.3. The highest BCUT2D eigenvalue weighted by Gasteiger charge is 2.27. The maximum absolute atomic E-state index is 9.72. The normalized spacial score (nSPS) is 14.9. The lowest BCUT2D eigenvalue weighted by atomic mass is 9.82. The maximum atomic E-state index is 9.72. The van der Waals surface area contributed by atoms with Crippen LogP contribution in [0.3, 0.4) is 0 Å². The van der Waals surface area contributed by atoms with Crippen molar-refractivity contribution in [2.75, 3.05) is 26.2 Å². The Kier molecular flexibility index (Phi) is 5.66. The van der Waals surface area contributed by atoms with E-state index >= 15 is 0 Å². The summed E-state index contributed by atoms with van der Waals surface area (Å²) in [6.07, 6.45) is 1.16. The fraction of sp³-hybridized carbons (Fsp3) is 0.600. The molecule has 0 radical (unpaired) electrons. The van der Waals surface area contributed by atoms with Crippen LogP contribution >= 0.6 is 0 Å². The van der Waals surface area contributed by atoms with Crippen LogP contribution in [-0.4, -0.2) is 36.2 Å². The number of hydrogen-bond donors (Lipinski definition) is 1. The molecule has 0 heterocycles. The molecule has 17 heavy (non-hydrogen) atoms. The third-order valence-corrected chi connectivity index (χ3v) is 3.38. The van der Waals surface area contributed by atoms with Crippen LogP contribution in [0, 0.1) is 0 Å². The highest BCUT2D eigenvalue weighted by molar-refractivity contribution is 5.25. The monoisotopic (exact) mass is 235 g/mol. The van der Waals surface area contributed by atoms with Gasteiger partial charge in [0.2, 0.25) is 0 Å². The molecule has 1 rings (SSSR count). The summed E-state index contributed by atoms with van der Waals surface area (Å²) in [6, 6.07) is 10.3. The Morgan fingerprint density at radius 1 is 1.18 bits per heavy atom. The van der Waals surface area contributed by atoms with Crippen LogP contribution in [0.1, 0.15) is 32.8 Å². The van der Waals surface area contributed by atoms with E-state index in [0.717, 1.165) is 26.1 Å². The standard InChI is InChI=1S/C15H25NO/c1-4-11-16(5-2)12-15(3,13-17)14-9-7-6-8-10-14/h6-10,17H,4-5,11-13H2,1-3H3. The van der Waals surface area contributed by atoms with Gasteiger partial charge >= 0.3 is 0 Å². The van der Waals surface area contributed by atoms with Crippen molar-refractivity contribution in [3.63, 3.8) is 0 Å². The minimum Gasteiger partial charge on any atom is -0.395 e. The number of aliphatic hydroxyl groups excluding tert-OH is 1. The van der Waals surface area contributed by atoms with Crippen molar-refractivity contribution < 1.29 is 5.11 Å². The van der Waals surface area contributed by atoms with Gasteiger partial charge in [-0.2, -0.15) is 0 Å². The number of rotatable bonds is 7. The molecule has 0 fully saturated rings. The zero-order chi connectivity index (χ0) is 12.7. The molecule has 0 aliphatic rings. The van der Waals surface area contributed by atoms with Gasteiger partial charge in [-0.3, -0.25) is 0 Å². The molecule has 1 unspecified atom stereocenters. The van der Waals surface area contributed by atoms with E-state index in [1.165, 1.54) is 5.56 Å². The fourth-order valence-electron chi connectivity index (χ4n) is 2.23. The Morgan fingerprint density at radius 2 is 1.82 bits per heavy atom. The quantitative estimate of drug-likeness (QED) is 0.785. The molecule has 1 aromatic rings. The van der Waals surface area contributed by atoms with E-state index in [4.69, 9.17) is 0 Å². The first kappa shape index (κ1) is 14.2. The molecule has 96 valence electrons. The lowest BCUT2D eigenvalue weighted by Gasteiger charge is -2.34. The van der Waals surface area contributed by atoms with Crippen molar-refractivity contribution in [3.05, 3.63) is 35.9 Å². The molecule has 0 saturated carbocycles. The van der Waals surface area contributed by atoms with Crippen molar-refractivity contribution in [1.29, 1.82) is 0 Å². The van der Waals surface area contributed by atoms with Crippen molar-refractivity contribution in [2.45, 2.75) is 32.6 Å². The van der Waals surface area contributed by atoms with Gasteiger partial charge in [0.25, 0.3) is 0 Å². The van der Waals surface area contributed by atoms with Crippen molar-refractivity contribution in [1.82, 2.24) is 4.90 Å². The van der Waals surface area contributed by atoms with Crippen LogP contribution in [-0.2, 0) is 5.41 Å². The van der Waals surface area contributed by atoms with E-state index in [1.807, 2.05) is 18.2 Å². The van der Waals surface area contributed by atoms with Crippen molar-refractivity contribution in [2.24, 2.45) is 0 Å². The summed E-state index contributed by atoms with van der Waals surface area (Å²) in [5.41, 5.74) is 1.06. The number of aliphatic hydroxyl groups is 1. The summed E-state index contributed by atoms with van der Waals surface area (Å²) in [6.45, 7) is 9.75. The second-order valence-electron chi connectivity index (χ2n) is 4.95. The molecule has 0 aromatic heterocycles. The van der Waals surface area contributed by atoms with Crippen LogP contribution in [0.25, 0.3) is 0 Å². The first-order valence-electron chi connectivity index (χ1n) is 6.55. The molecule has 1 aromatic carbocycles. The fourth-order valence-corrected chi connectivity index (χ4v) is 2.23. The largest absolute Gasteiger partial charge is 0.395 e. The van der Waals surface area contributed by atoms with Gasteiger partial charge in [0, 0.05) is 12.0 Å². The van der Waals surface area contributed by atoms with Gasteiger partial charge in [-0.1, -0.05) is 51.1 Å². The first-order chi connectivity index (χ1) is 8.16. The third-order valence-electron chi connectivity index (χ3n) is 3.38. The topological polar surface area (TPSA) is 23.5 Å². The average molecular weight is 235 g/mol. The molecule has 1 N–H and O–H groups in total. The van der Waals surface area contributed by atoms with Gasteiger partial charge in [0.15, 0.2) is 0 Å². The lowest BCUT2D eigenvalue weighted by molar-refractivity contribution is 0.147. The Labute approximate surface area is 105 Å². The molecule has 1 atom stereocenters. The third kappa shape index (κ3) is 3.83. The van der Waals surface area contributed by atoms with Crippen LogP contribution in [0.2, 0.25) is 0 Å². The molecule has 0 bridgehead atoms. The predicted octanol–water partition coefficient (Wildman–Crippen LogP) is 2.67. The molecule has 0 aliphatic heterocycles. The van der Waals surface area contributed by atoms with E-state index in [-0.39, 0.29) is 12.0 Å². The molecule has 0 amide bonds. The van der Waals surface area contributed by atoms with Crippen LogP contribution < -0.4 is 0 Å². The Balaban J connectivity index is 2.81. The predicted molar refractivity (Wildman–Crippen MR) is 73.3 cm³/mol. The van der Waals surface area contributed by atoms with Crippen molar-refractivity contribution >= 4 is 0 Å². The second-order valence-corrected chi connectivity index (χ2v) is 4.95. The molecule has 2 heteroatoms. The van der Waals surface area contributed by atoms with Crippen LogP contribution in [0.4, 0.5) is 0 Å². The van der Waals surface area contributed by atoms with Gasteiger partial charge in [-0.15, -0.1) is 0 Å². The van der Waals surface area contributed by atoms with Gasteiger partial charge in [0.05, 0.1) is 6.61 Å². The highest BCUT2D eigenvalue weighted by atomic mass is 16.3. The zero-order valence-electron chi connectivity index (χ0n) is 11.3. The van der Waals surface area contributed by atoms with E-state index in [9.17, 15) is 5.11 Å². The average Bonchev–Trinajstić information content (AvgIpc) is 2.39. The Morgan fingerprint density at radius 3 is 2.29 bits per heavy atom. The van der Waals surface area contributed by atoms with Crippen LogP contribution in [0.15, 0.2) is 30.3 Å². The minimum absolute atomic E-state index is 0.160. The van der Waals surface area contributed by atoms with Gasteiger partial charge in [-0.25, -0.2) is 0 Å².